The summed E-state index contributed by atoms with van der Waals surface area (Å²) in [6, 6.07) is 0.905. The van der Waals surface area contributed by atoms with Crippen LogP contribution in [0.25, 0.3) is 0 Å². The molecule has 0 aliphatic carbocycles. The van der Waals surface area contributed by atoms with Crippen molar-refractivity contribution in [3.63, 3.8) is 0 Å². The van der Waals surface area contributed by atoms with Crippen LogP contribution in [0, 0.1) is 5.41 Å². The third-order valence-electron chi connectivity index (χ3n) is 5.54. The number of thioether (sulfide) groups is 2. The van der Waals surface area contributed by atoms with Gasteiger partial charge in [0.2, 0.25) is 11.8 Å². The van der Waals surface area contributed by atoms with Crippen molar-refractivity contribution in [1.29, 1.82) is 0 Å². The number of carboxylic acids is 1. The normalized spacial score (nSPS) is 27.0. The van der Waals surface area contributed by atoms with E-state index in [0.29, 0.717) is 11.6 Å². The Morgan fingerprint density at radius 3 is 2.85 bits per heavy atom. The lowest BCUT2D eigenvalue weighted by atomic mass is 9.89. The summed E-state index contributed by atoms with van der Waals surface area (Å²) < 4.78 is 1.44. The Bertz CT molecular complexity index is 1050. The number of aliphatic carboxylic acids is 1. The Balaban J connectivity index is 1.35. The molecule has 3 atom stereocenters. The second kappa shape index (κ2) is 9.32. The van der Waals surface area contributed by atoms with Crippen molar-refractivity contribution in [2.24, 2.45) is 5.41 Å². The van der Waals surface area contributed by atoms with E-state index in [-0.39, 0.29) is 42.4 Å². The average Bonchev–Trinajstić information content (AvgIpc) is 3.20. The van der Waals surface area contributed by atoms with Crippen LogP contribution in [-0.4, -0.2) is 90.9 Å². The van der Waals surface area contributed by atoms with Crippen LogP contribution in [0.3, 0.4) is 0 Å². The van der Waals surface area contributed by atoms with Gasteiger partial charge in [0.05, 0.1) is 6.54 Å². The summed E-state index contributed by atoms with van der Waals surface area (Å²) in [5, 5.41) is 13.9. The highest BCUT2D eigenvalue weighted by molar-refractivity contribution is 8.00. The number of fused-ring (bicyclic) bond motifs is 1. The van der Waals surface area contributed by atoms with Crippen LogP contribution in [0.2, 0.25) is 0 Å². The molecule has 4 heterocycles. The van der Waals surface area contributed by atoms with E-state index >= 15 is 0 Å². The first-order chi connectivity index (χ1) is 15.7. The molecule has 2 amide bonds. The molecule has 0 aromatic carbocycles. The highest BCUT2D eigenvalue weighted by atomic mass is 32.2. The molecule has 0 bridgehead atoms. The summed E-state index contributed by atoms with van der Waals surface area (Å²) in [7, 11) is 0. The van der Waals surface area contributed by atoms with Crippen LogP contribution in [0.1, 0.15) is 6.92 Å². The number of carbonyl (C=O) groups excluding carboxylic acids is 3. The smallest absolute Gasteiger partial charge is 0.348 e. The summed E-state index contributed by atoms with van der Waals surface area (Å²) in [5.41, 5.74) is 0.689. The number of carboxylic acid groups (broad SMARTS) is 1. The maximum absolute atomic E-state index is 12.7. The van der Waals surface area contributed by atoms with Crippen molar-refractivity contribution in [1.82, 2.24) is 30.4 Å². The molecule has 3 saturated heterocycles. The fraction of sp³-hybridized carbons (Fsp3) is 0.556. The molecule has 3 aliphatic rings. The van der Waals surface area contributed by atoms with Gasteiger partial charge >= 0.3 is 17.6 Å². The molecule has 3 N–H and O–H groups in total. The molecule has 13 nitrogen and oxygen atoms in total. The second-order valence-corrected chi connectivity index (χ2v) is 9.94. The summed E-state index contributed by atoms with van der Waals surface area (Å²) >= 11 is 2.46. The van der Waals surface area contributed by atoms with Crippen LogP contribution in [0.15, 0.2) is 22.1 Å². The Hall–Kier alpha value is -2.62. The molecule has 3 aliphatic heterocycles. The van der Waals surface area contributed by atoms with E-state index in [1.807, 2.05) is 6.92 Å². The maximum Gasteiger partial charge on any atom is 0.348 e. The zero-order chi connectivity index (χ0) is 23.8. The van der Waals surface area contributed by atoms with E-state index in [1.165, 1.54) is 38.0 Å². The highest BCUT2D eigenvalue weighted by Crippen LogP contribution is 2.44. The van der Waals surface area contributed by atoms with Crippen molar-refractivity contribution < 1.29 is 29.1 Å². The van der Waals surface area contributed by atoms with E-state index in [1.54, 1.807) is 12.3 Å². The van der Waals surface area contributed by atoms with Gasteiger partial charge in [-0.05, 0) is 13.0 Å². The van der Waals surface area contributed by atoms with Gasteiger partial charge in [0.15, 0.2) is 0 Å². The van der Waals surface area contributed by atoms with Crippen molar-refractivity contribution in [2.45, 2.75) is 29.9 Å². The van der Waals surface area contributed by atoms with Crippen LogP contribution >= 0.6 is 23.5 Å². The number of rotatable bonds is 8. The van der Waals surface area contributed by atoms with Crippen LogP contribution < -0.4 is 16.6 Å². The third kappa shape index (κ3) is 4.71. The monoisotopic (exact) mass is 498 g/mol. The molecule has 33 heavy (non-hydrogen) atoms. The zero-order valence-electron chi connectivity index (χ0n) is 17.6. The molecule has 1 aromatic rings. The van der Waals surface area contributed by atoms with E-state index in [9.17, 15) is 29.1 Å². The summed E-state index contributed by atoms with van der Waals surface area (Å²) in [4.78, 5) is 70.0. The van der Waals surface area contributed by atoms with Crippen LogP contribution in [0.5, 0.6) is 0 Å². The van der Waals surface area contributed by atoms with E-state index in [4.69, 9.17) is 0 Å². The summed E-state index contributed by atoms with van der Waals surface area (Å²) in [5.74, 6) is -1.99. The zero-order valence-corrected chi connectivity index (χ0v) is 19.2. The quantitative estimate of drug-likeness (QED) is 0.208. The van der Waals surface area contributed by atoms with Gasteiger partial charge < -0.3 is 20.2 Å². The fourth-order valence-corrected chi connectivity index (χ4v) is 6.38. The molecule has 1 aromatic heterocycles. The molecule has 1 unspecified atom stereocenters. The number of hydrogen-bond donors (Lipinski definition) is 3. The standard InChI is InChI=1S/C18H22N6O7S2/c1-2-22-4-3-11(20-17(22)30)32-8-18(16(28)29)7-24-14(27)13(15(24)33-9-18)19-10(25)5-23-6-12(26)31-21-23/h3-4,13,15,21H,2,5-9H2,1H3,(H,19,25)(H,28,29)/t13-,15-,18?/m1/s1. The first-order valence-corrected chi connectivity index (χ1v) is 12.1. The van der Waals surface area contributed by atoms with Gasteiger partial charge in [-0.2, -0.15) is 9.99 Å². The van der Waals surface area contributed by atoms with Crippen molar-refractivity contribution >= 4 is 47.3 Å². The fourth-order valence-electron chi connectivity index (χ4n) is 3.67. The van der Waals surface area contributed by atoms with Crippen LogP contribution in [-0.2, 0) is 30.6 Å². The lowest BCUT2D eigenvalue weighted by Gasteiger charge is -2.53. The highest BCUT2D eigenvalue weighted by Gasteiger charge is 2.57. The van der Waals surface area contributed by atoms with E-state index in [0.717, 1.165) is 0 Å². The number of hydrogen-bond acceptors (Lipinski definition) is 11. The van der Waals surface area contributed by atoms with E-state index < -0.39 is 35.0 Å². The van der Waals surface area contributed by atoms with Gasteiger partial charge in [-0.3, -0.25) is 19.0 Å². The Morgan fingerprint density at radius 1 is 1.42 bits per heavy atom. The van der Waals surface area contributed by atoms with Crippen LogP contribution in [0.4, 0.5) is 0 Å². The average molecular weight is 499 g/mol. The molecular formula is C18H22N6O7S2. The second-order valence-electron chi connectivity index (χ2n) is 7.84. The number of aryl methyl sites for hydroxylation is 1. The third-order valence-corrected chi connectivity index (χ3v) is 8.35. The molecule has 4 rings (SSSR count). The lowest BCUT2D eigenvalue weighted by Crippen LogP contribution is -2.74. The summed E-state index contributed by atoms with van der Waals surface area (Å²) in [6.07, 6.45) is 1.61. The minimum Gasteiger partial charge on any atom is -0.481 e. The van der Waals surface area contributed by atoms with Gasteiger partial charge in [0.1, 0.15) is 28.4 Å². The predicted octanol–water partition coefficient (Wildman–Crippen LogP) is -1.90. The lowest BCUT2D eigenvalue weighted by molar-refractivity contribution is -0.157. The number of aromatic nitrogens is 2. The van der Waals surface area contributed by atoms with Crippen molar-refractivity contribution in [3.8, 4) is 0 Å². The Labute approximate surface area is 196 Å². The van der Waals surface area contributed by atoms with Gasteiger partial charge in [0, 0.05) is 30.8 Å². The number of β-lactam (4-membered cyclic amide) rings is 1. The number of carbonyl (C=O) groups is 4. The molecule has 178 valence electrons. The maximum atomic E-state index is 12.7. The largest absolute Gasteiger partial charge is 0.481 e. The SMILES string of the molecule is CCn1ccc(SCC2(C(=O)O)CS[C@@H]3[C@H](NC(=O)CN4CC(=O)ON4)C(=O)N3C2)nc1=O. The first kappa shape index (κ1) is 23.5. The molecule has 3 fully saturated rings. The van der Waals surface area contributed by atoms with Gasteiger partial charge in [0.25, 0.3) is 0 Å². The van der Waals surface area contributed by atoms with Gasteiger partial charge in [-0.15, -0.1) is 23.5 Å². The molecule has 0 radical (unpaired) electrons. The molecule has 0 spiro atoms. The minimum absolute atomic E-state index is 0.000250. The Morgan fingerprint density at radius 2 is 2.21 bits per heavy atom. The molecule has 15 heteroatoms. The Kier molecular flexibility index (Phi) is 6.65. The number of nitrogens with zero attached hydrogens (tertiary/aromatic N) is 4. The number of nitrogens with one attached hydrogen (secondary N) is 2. The summed E-state index contributed by atoms with van der Waals surface area (Å²) in [6.45, 7) is 2.05. The van der Waals surface area contributed by atoms with Crippen molar-refractivity contribution in [2.75, 3.05) is 31.1 Å². The number of hydrazine groups is 1. The predicted molar refractivity (Wildman–Crippen MR) is 116 cm³/mol. The topological polar surface area (TPSA) is 163 Å². The minimum atomic E-state index is -1.21. The van der Waals surface area contributed by atoms with Gasteiger partial charge in [-0.25, -0.2) is 9.59 Å². The first-order valence-electron chi connectivity index (χ1n) is 10.1. The molecular weight excluding hydrogens is 476 g/mol. The number of amides is 2. The molecule has 0 saturated carbocycles. The van der Waals surface area contributed by atoms with E-state index in [2.05, 4.69) is 20.7 Å². The van der Waals surface area contributed by atoms with Crippen molar-refractivity contribution in [3.05, 3.63) is 22.7 Å². The van der Waals surface area contributed by atoms with Gasteiger partial charge in [-0.1, -0.05) is 5.59 Å².